The summed E-state index contributed by atoms with van der Waals surface area (Å²) in [6, 6.07) is 20.0. The SMILES string of the molecule is Cc1c(-c2cnn(C(C)C)c2)ccc2nc(N[C@@H]3CCCN(c4nc5cc(NC(=O)OCc6ccccc6)ccc5s4)C3)nn12. The molecule has 0 bridgehead atoms. The van der Waals surface area contributed by atoms with Crippen LogP contribution in [0, 0.1) is 6.92 Å². The van der Waals surface area contributed by atoms with Crippen LogP contribution in [0.25, 0.3) is 27.0 Å². The fraction of sp³-hybridized carbons (Fsp3) is 0.303. The lowest BCUT2D eigenvalue weighted by Gasteiger charge is -2.32. The number of piperidine rings is 1. The second kappa shape index (κ2) is 12.2. The number of amides is 1. The van der Waals surface area contributed by atoms with Gasteiger partial charge in [0.05, 0.1) is 16.4 Å². The molecule has 45 heavy (non-hydrogen) atoms. The van der Waals surface area contributed by atoms with Crippen molar-refractivity contribution in [2.75, 3.05) is 28.6 Å². The number of carbonyl (C=O) groups is 1. The van der Waals surface area contributed by atoms with Crippen LogP contribution in [0.5, 0.6) is 0 Å². The molecule has 0 unspecified atom stereocenters. The highest BCUT2D eigenvalue weighted by molar-refractivity contribution is 7.22. The Labute approximate surface area is 264 Å². The summed E-state index contributed by atoms with van der Waals surface area (Å²) < 4.78 is 10.3. The molecule has 7 rings (SSSR count). The normalized spacial score (nSPS) is 15.2. The lowest BCUT2D eigenvalue weighted by Crippen LogP contribution is -2.42. The smallest absolute Gasteiger partial charge is 0.411 e. The summed E-state index contributed by atoms with van der Waals surface area (Å²) in [5, 5.41) is 16.7. The fourth-order valence-corrected chi connectivity index (χ4v) is 6.63. The van der Waals surface area contributed by atoms with Crippen molar-refractivity contribution in [1.29, 1.82) is 0 Å². The first kappa shape index (κ1) is 28.8. The van der Waals surface area contributed by atoms with Gasteiger partial charge < -0.3 is 15.0 Å². The molecule has 6 aromatic rings. The van der Waals surface area contributed by atoms with Crippen LogP contribution in [0.15, 0.2) is 73.1 Å². The first-order valence-corrected chi connectivity index (χ1v) is 16.0. The van der Waals surface area contributed by atoms with Crippen LogP contribution in [0.3, 0.4) is 0 Å². The van der Waals surface area contributed by atoms with Crippen LogP contribution < -0.4 is 15.5 Å². The second-order valence-electron chi connectivity index (χ2n) is 11.6. The lowest BCUT2D eigenvalue weighted by molar-refractivity contribution is 0.155. The number of carbonyl (C=O) groups excluding carboxylic acids is 1. The van der Waals surface area contributed by atoms with E-state index in [0.717, 1.165) is 69.3 Å². The van der Waals surface area contributed by atoms with E-state index in [-0.39, 0.29) is 12.6 Å². The number of hydrogen-bond donors (Lipinski definition) is 2. The molecule has 1 fully saturated rings. The number of nitrogens with one attached hydrogen (secondary N) is 2. The molecule has 12 heteroatoms. The third-order valence-electron chi connectivity index (χ3n) is 8.04. The number of hydrogen-bond acceptors (Lipinski definition) is 9. The maximum atomic E-state index is 12.4. The third kappa shape index (κ3) is 6.18. The van der Waals surface area contributed by atoms with Gasteiger partial charge in [0.1, 0.15) is 6.61 Å². The van der Waals surface area contributed by atoms with Gasteiger partial charge in [-0.05, 0) is 69.5 Å². The summed E-state index contributed by atoms with van der Waals surface area (Å²) in [5.74, 6) is 0.624. The lowest BCUT2D eigenvalue weighted by atomic mass is 10.1. The number of rotatable bonds is 8. The van der Waals surface area contributed by atoms with Crippen LogP contribution in [0.4, 0.5) is 21.6 Å². The van der Waals surface area contributed by atoms with Crippen LogP contribution in [0.1, 0.15) is 44.0 Å². The maximum Gasteiger partial charge on any atom is 0.411 e. The molecule has 1 atom stereocenters. The van der Waals surface area contributed by atoms with Crippen molar-refractivity contribution in [3.63, 3.8) is 0 Å². The van der Waals surface area contributed by atoms with Crippen LogP contribution in [-0.2, 0) is 11.3 Å². The largest absolute Gasteiger partial charge is 0.444 e. The van der Waals surface area contributed by atoms with E-state index in [2.05, 4.69) is 53.7 Å². The molecule has 0 aliphatic carbocycles. The van der Waals surface area contributed by atoms with Gasteiger partial charge in [-0.2, -0.15) is 10.1 Å². The predicted molar refractivity (Wildman–Crippen MR) is 178 cm³/mol. The monoisotopic (exact) mass is 621 g/mol. The molecule has 1 amide bonds. The Morgan fingerprint density at radius 2 is 1.98 bits per heavy atom. The molecular formula is C33H35N9O2S. The zero-order valence-corrected chi connectivity index (χ0v) is 26.3. The molecule has 4 aromatic heterocycles. The molecule has 1 aliphatic heterocycles. The summed E-state index contributed by atoms with van der Waals surface area (Å²) in [6.45, 7) is 8.25. The highest BCUT2D eigenvalue weighted by Gasteiger charge is 2.24. The van der Waals surface area contributed by atoms with Crippen LogP contribution >= 0.6 is 11.3 Å². The van der Waals surface area contributed by atoms with E-state index in [0.29, 0.717) is 17.7 Å². The second-order valence-corrected chi connectivity index (χ2v) is 12.6. The molecule has 2 aromatic carbocycles. The molecule has 1 aliphatic rings. The number of nitrogens with zero attached hydrogens (tertiary/aromatic N) is 7. The number of pyridine rings is 1. The summed E-state index contributed by atoms with van der Waals surface area (Å²) in [5.41, 5.74) is 6.43. The standard InChI is InChI=1S/C33H35N9O2S/c1-21(2)41-18-24(17-34-41)27-12-14-30-38-31(39-42(30)22(27)3)35-26-10-7-15-40(19-26)32-37-28-16-25(11-13-29(28)45-32)36-33(43)44-20-23-8-5-4-6-9-23/h4-6,8-9,11-14,16-18,21,26H,7,10,15,19-20H2,1-3H3,(H,35,39)(H,36,43)/t26-/m1/s1. The van der Waals surface area contributed by atoms with Crippen LogP contribution in [0.2, 0.25) is 0 Å². The summed E-state index contributed by atoms with van der Waals surface area (Å²) in [4.78, 5) is 24.4. The number of aryl methyl sites for hydroxylation is 1. The predicted octanol–water partition coefficient (Wildman–Crippen LogP) is 6.92. The average Bonchev–Trinajstić information content (AvgIpc) is 3.80. The van der Waals surface area contributed by atoms with E-state index in [1.807, 2.05) is 70.0 Å². The zero-order valence-electron chi connectivity index (χ0n) is 25.5. The minimum absolute atomic E-state index is 0.184. The van der Waals surface area contributed by atoms with Gasteiger partial charge >= 0.3 is 6.09 Å². The van der Waals surface area contributed by atoms with Gasteiger partial charge in [-0.3, -0.25) is 10.00 Å². The van der Waals surface area contributed by atoms with Crippen molar-refractivity contribution in [2.45, 2.75) is 52.3 Å². The van der Waals surface area contributed by atoms with Crippen molar-refractivity contribution in [2.24, 2.45) is 0 Å². The number of benzene rings is 2. The van der Waals surface area contributed by atoms with E-state index in [1.54, 1.807) is 11.3 Å². The molecule has 230 valence electrons. The molecule has 0 spiro atoms. The molecule has 0 radical (unpaired) electrons. The van der Waals surface area contributed by atoms with Crippen LogP contribution in [-0.4, -0.2) is 54.6 Å². The van der Waals surface area contributed by atoms with Crippen molar-refractivity contribution in [3.8, 4) is 11.1 Å². The molecule has 2 N–H and O–H groups in total. The number of fused-ring (bicyclic) bond motifs is 2. The molecule has 5 heterocycles. The van der Waals surface area contributed by atoms with Gasteiger partial charge in [-0.1, -0.05) is 41.7 Å². The van der Waals surface area contributed by atoms with Crippen molar-refractivity contribution in [3.05, 3.63) is 84.3 Å². The number of ether oxygens (including phenoxy) is 1. The minimum atomic E-state index is -0.493. The van der Waals surface area contributed by atoms with E-state index >= 15 is 0 Å². The molecule has 11 nitrogen and oxygen atoms in total. The van der Waals surface area contributed by atoms with E-state index in [4.69, 9.17) is 19.8 Å². The quantitative estimate of drug-likeness (QED) is 0.188. The maximum absolute atomic E-state index is 12.4. The Balaban J connectivity index is 1.01. The van der Waals surface area contributed by atoms with Crippen molar-refractivity contribution >= 4 is 50.1 Å². The fourth-order valence-electron chi connectivity index (χ4n) is 5.65. The highest BCUT2D eigenvalue weighted by atomic mass is 32.1. The van der Waals surface area contributed by atoms with Crippen molar-refractivity contribution < 1.29 is 9.53 Å². The minimum Gasteiger partial charge on any atom is -0.444 e. The summed E-state index contributed by atoms with van der Waals surface area (Å²) >= 11 is 1.66. The molecule has 1 saturated heterocycles. The Kier molecular flexibility index (Phi) is 7.80. The van der Waals surface area contributed by atoms with Gasteiger partial charge in [0.2, 0.25) is 5.95 Å². The highest BCUT2D eigenvalue weighted by Crippen LogP contribution is 2.33. The van der Waals surface area contributed by atoms with E-state index in [9.17, 15) is 4.79 Å². The third-order valence-corrected chi connectivity index (χ3v) is 9.14. The first-order chi connectivity index (χ1) is 21.9. The molecular weight excluding hydrogens is 586 g/mol. The van der Waals surface area contributed by atoms with Gasteiger partial charge in [0.25, 0.3) is 0 Å². The Morgan fingerprint density at radius 3 is 2.80 bits per heavy atom. The number of anilines is 3. The average molecular weight is 622 g/mol. The Morgan fingerprint density at radius 1 is 1.11 bits per heavy atom. The Bertz CT molecular complexity index is 1960. The molecule has 0 saturated carbocycles. The summed E-state index contributed by atoms with van der Waals surface area (Å²) in [7, 11) is 0. The van der Waals surface area contributed by atoms with Crippen molar-refractivity contribution in [1.82, 2.24) is 29.4 Å². The number of aromatic nitrogens is 6. The van der Waals surface area contributed by atoms with Gasteiger partial charge in [-0.15, -0.1) is 5.10 Å². The topological polar surface area (TPSA) is 114 Å². The van der Waals surface area contributed by atoms with E-state index in [1.165, 1.54) is 0 Å². The van der Waals surface area contributed by atoms with Gasteiger partial charge in [0.15, 0.2) is 10.8 Å². The van der Waals surface area contributed by atoms with Gasteiger partial charge in [-0.25, -0.2) is 14.3 Å². The number of thiazole rings is 1. The van der Waals surface area contributed by atoms with E-state index < -0.39 is 6.09 Å². The van der Waals surface area contributed by atoms with Gasteiger partial charge in [0, 0.05) is 53.9 Å². The first-order valence-electron chi connectivity index (χ1n) is 15.2. The summed E-state index contributed by atoms with van der Waals surface area (Å²) in [6.07, 6.45) is 5.54. The Hall–Kier alpha value is -4.97. The zero-order chi connectivity index (χ0) is 30.9.